The van der Waals surface area contributed by atoms with Gasteiger partial charge in [0.05, 0.1) is 17.6 Å². The second kappa shape index (κ2) is 7.82. The minimum Gasteiger partial charge on any atom is -0.374 e. The van der Waals surface area contributed by atoms with Crippen LogP contribution >= 0.6 is 11.6 Å². The number of hydrogen-bond donors (Lipinski definition) is 0. The van der Waals surface area contributed by atoms with E-state index in [2.05, 4.69) is 4.99 Å². The maximum absolute atomic E-state index is 13.4. The molecule has 2 aromatic rings. The van der Waals surface area contributed by atoms with Crippen molar-refractivity contribution < 1.29 is 13.2 Å². The van der Waals surface area contributed by atoms with Crippen LogP contribution in [0.15, 0.2) is 76.6 Å². The molecular weight excluding hydrogens is 394 g/mol. The highest BCUT2D eigenvalue weighted by Gasteiger charge is 2.52. The molecule has 0 saturated heterocycles. The average Bonchev–Trinajstić information content (AvgIpc) is 3.39. The predicted molar refractivity (Wildman–Crippen MR) is 111 cm³/mol. The summed E-state index contributed by atoms with van der Waals surface area (Å²) in [6, 6.07) is 16.2. The van der Waals surface area contributed by atoms with Gasteiger partial charge in [-0.2, -0.15) is 0 Å². The lowest BCUT2D eigenvalue weighted by molar-refractivity contribution is 0.0422. The Labute approximate surface area is 170 Å². The van der Waals surface area contributed by atoms with E-state index in [9.17, 15) is 8.42 Å². The first-order chi connectivity index (χ1) is 13.5. The molecule has 0 radical (unpaired) electrons. The molecule has 1 fully saturated rings. The Morgan fingerprint density at radius 2 is 1.82 bits per heavy atom. The van der Waals surface area contributed by atoms with E-state index in [1.54, 1.807) is 42.6 Å². The van der Waals surface area contributed by atoms with Crippen molar-refractivity contribution in [1.29, 1.82) is 0 Å². The number of nitrogens with zero attached hydrogens (tertiary/aromatic N) is 1. The molecule has 4 rings (SSSR count). The van der Waals surface area contributed by atoms with Gasteiger partial charge in [-0.15, -0.1) is 0 Å². The van der Waals surface area contributed by atoms with E-state index in [4.69, 9.17) is 16.3 Å². The topological polar surface area (TPSA) is 55.7 Å². The molecule has 1 saturated carbocycles. The Balaban J connectivity index is 1.50. The van der Waals surface area contributed by atoms with Crippen LogP contribution in [0, 0.1) is 5.92 Å². The van der Waals surface area contributed by atoms with Crippen molar-refractivity contribution in [3.63, 3.8) is 0 Å². The molecule has 2 aromatic carbocycles. The first-order valence-corrected chi connectivity index (χ1v) is 11.3. The third kappa shape index (κ3) is 3.54. The van der Waals surface area contributed by atoms with Crippen molar-refractivity contribution in [2.24, 2.45) is 10.9 Å². The van der Waals surface area contributed by atoms with Gasteiger partial charge in [0.25, 0.3) is 0 Å². The molecular formula is C22H22ClNO3S. The molecule has 1 aliphatic heterocycles. The number of aliphatic imine (C=N–C) groups is 1. The fourth-order valence-corrected chi connectivity index (χ4v) is 6.18. The zero-order valence-corrected chi connectivity index (χ0v) is 16.9. The average molecular weight is 416 g/mol. The van der Waals surface area contributed by atoms with Gasteiger partial charge in [-0.05, 0) is 61.2 Å². The summed E-state index contributed by atoms with van der Waals surface area (Å²) in [6.07, 6.45) is 7.35. The predicted octanol–water partition coefficient (Wildman–Crippen LogP) is 4.84. The summed E-state index contributed by atoms with van der Waals surface area (Å²) in [7, 11) is -3.63. The normalized spacial score (nSPS) is 26.8. The maximum atomic E-state index is 13.4. The van der Waals surface area contributed by atoms with E-state index in [-0.39, 0.29) is 12.0 Å². The van der Waals surface area contributed by atoms with Gasteiger partial charge in [0.2, 0.25) is 9.84 Å². The number of sulfone groups is 1. The third-order valence-electron chi connectivity index (χ3n) is 5.55. The molecule has 0 aromatic heterocycles. The number of halogens is 1. The van der Waals surface area contributed by atoms with E-state index in [1.807, 2.05) is 30.3 Å². The molecule has 1 aliphatic carbocycles. The molecule has 1 heterocycles. The van der Waals surface area contributed by atoms with Gasteiger partial charge in [0.15, 0.2) is 4.87 Å². The summed E-state index contributed by atoms with van der Waals surface area (Å²) in [5.41, 5.74) is 1.05. The molecule has 0 spiro atoms. The largest absolute Gasteiger partial charge is 0.374 e. The van der Waals surface area contributed by atoms with E-state index >= 15 is 0 Å². The van der Waals surface area contributed by atoms with Crippen LogP contribution in [0.3, 0.4) is 0 Å². The second-order valence-corrected chi connectivity index (χ2v) is 9.84. The highest BCUT2D eigenvalue weighted by Crippen LogP contribution is 2.45. The summed E-state index contributed by atoms with van der Waals surface area (Å²) in [6.45, 7) is 0.492. The first kappa shape index (κ1) is 19.4. The number of ether oxygens (including phenoxy) is 1. The van der Waals surface area contributed by atoms with Crippen LogP contribution in [0.25, 0.3) is 0 Å². The number of benzene rings is 2. The zero-order valence-electron chi connectivity index (χ0n) is 15.4. The van der Waals surface area contributed by atoms with Crippen LogP contribution in [-0.4, -0.2) is 25.6 Å². The standard InChI is InChI=1S/C22H22ClNO3S/c23-19-10-7-17(8-11-19)16-27-20-12-9-18(15-20)22(13-4-14-24-22)28(25,26)21-5-2-1-3-6-21/h1-8,10-11,13-14,18,20H,9,12,15-16H2. The smallest absolute Gasteiger partial charge is 0.208 e. The van der Waals surface area contributed by atoms with E-state index < -0.39 is 14.7 Å². The van der Waals surface area contributed by atoms with Crippen molar-refractivity contribution in [3.8, 4) is 0 Å². The van der Waals surface area contributed by atoms with Crippen molar-refractivity contribution in [2.45, 2.75) is 41.7 Å². The molecule has 3 atom stereocenters. The Kier molecular flexibility index (Phi) is 5.41. The van der Waals surface area contributed by atoms with Crippen molar-refractivity contribution in [2.75, 3.05) is 0 Å². The Bertz CT molecular complexity index is 972. The highest BCUT2D eigenvalue weighted by molar-refractivity contribution is 7.93. The van der Waals surface area contributed by atoms with Gasteiger partial charge in [-0.25, -0.2) is 8.42 Å². The summed E-state index contributed by atoms with van der Waals surface area (Å²) in [5, 5.41) is 0.698. The van der Waals surface area contributed by atoms with E-state index in [0.29, 0.717) is 22.9 Å². The lowest BCUT2D eigenvalue weighted by Crippen LogP contribution is -2.40. The van der Waals surface area contributed by atoms with Gasteiger partial charge >= 0.3 is 0 Å². The maximum Gasteiger partial charge on any atom is 0.208 e. The zero-order chi connectivity index (χ0) is 19.6. The number of allylic oxidation sites excluding steroid dienone is 1. The minimum atomic E-state index is -3.63. The van der Waals surface area contributed by atoms with Crippen LogP contribution in [0.1, 0.15) is 24.8 Å². The Morgan fingerprint density at radius 1 is 1.07 bits per heavy atom. The monoisotopic (exact) mass is 415 g/mol. The molecule has 6 heteroatoms. The molecule has 4 nitrogen and oxygen atoms in total. The van der Waals surface area contributed by atoms with E-state index in [1.165, 1.54) is 0 Å². The second-order valence-electron chi connectivity index (χ2n) is 7.28. The van der Waals surface area contributed by atoms with Crippen LogP contribution < -0.4 is 0 Å². The Hall–Kier alpha value is -1.95. The fourth-order valence-electron chi connectivity index (χ4n) is 4.05. The number of hydrogen-bond acceptors (Lipinski definition) is 4. The molecule has 0 amide bonds. The van der Waals surface area contributed by atoms with Gasteiger partial charge < -0.3 is 4.74 Å². The van der Waals surface area contributed by atoms with Crippen LogP contribution in [0.4, 0.5) is 0 Å². The SMILES string of the molecule is O=S(=O)(c1ccccc1)C1(C2CCC(OCc3ccc(Cl)cc3)C2)C=CC=N1. The molecule has 0 bridgehead atoms. The summed E-state index contributed by atoms with van der Waals surface area (Å²) >= 11 is 5.92. The van der Waals surface area contributed by atoms with Crippen molar-refractivity contribution >= 4 is 27.7 Å². The molecule has 2 aliphatic rings. The van der Waals surface area contributed by atoms with Crippen molar-refractivity contribution in [1.82, 2.24) is 0 Å². The number of rotatable bonds is 6. The van der Waals surface area contributed by atoms with Gasteiger partial charge in [-0.3, -0.25) is 4.99 Å². The minimum absolute atomic E-state index is 0.0210. The fraction of sp³-hybridized carbons (Fsp3) is 0.318. The lowest BCUT2D eigenvalue weighted by Gasteiger charge is -2.30. The highest BCUT2D eigenvalue weighted by atomic mass is 35.5. The summed E-state index contributed by atoms with van der Waals surface area (Å²) in [4.78, 5) is 3.55. The summed E-state index contributed by atoms with van der Waals surface area (Å²) < 4.78 is 33.0. The quantitative estimate of drug-likeness (QED) is 0.678. The molecule has 146 valence electrons. The molecule has 3 unspecified atom stereocenters. The van der Waals surface area contributed by atoms with Crippen LogP contribution in [0.5, 0.6) is 0 Å². The Morgan fingerprint density at radius 3 is 2.50 bits per heavy atom. The summed E-state index contributed by atoms with van der Waals surface area (Å²) in [5.74, 6) is -0.108. The van der Waals surface area contributed by atoms with Crippen molar-refractivity contribution in [3.05, 3.63) is 77.3 Å². The van der Waals surface area contributed by atoms with Crippen LogP contribution in [-0.2, 0) is 21.2 Å². The van der Waals surface area contributed by atoms with E-state index in [0.717, 1.165) is 18.4 Å². The van der Waals surface area contributed by atoms with Gasteiger partial charge in [0.1, 0.15) is 0 Å². The van der Waals surface area contributed by atoms with Gasteiger partial charge in [0, 0.05) is 17.2 Å². The molecule has 0 N–H and O–H groups in total. The molecule has 28 heavy (non-hydrogen) atoms. The first-order valence-electron chi connectivity index (χ1n) is 9.40. The third-order valence-corrected chi connectivity index (χ3v) is 8.13. The van der Waals surface area contributed by atoms with Crippen LogP contribution in [0.2, 0.25) is 5.02 Å². The van der Waals surface area contributed by atoms with Gasteiger partial charge in [-0.1, -0.05) is 41.9 Å². The lowest BCUT2D eigenvalue weighted by atomic mass is 9.98.